The third-order valence-corrected chi connectivity index (χ3v) is 3.27. The van der Waals surface area contributed by atoms with Crippen LogP contribution in [0.3, 0.4) is 0 Å². The minimum absolute atomic E-state index is 0.0637. The van der Waals surface area contributed by atoms with E-state index in [0.717, 1.165) is 31.0 Å². The van der Waals surface area contributed by atoms with E-state index in [1.165, 1.54) is 0 Å². The summed E-state index contributed by atoms with van der Waals surface area (Å²) in [6.07, 6.45) is 1.84. The van der Waals surface area contributed by atoms with Crippen LogP contribution in [-0.2, 0) is 0 Å². The van der Waals surface area contributed by atoms with Gasteiger partial charge in [0.15, 0.2) is 0 Å². The summed E-state index contributed by atoms with van der Waals surface area (Å²) >= 11 is 0. The van der Waals surface area contributed by atoms with E-state index in [1.54, 1.807) is 4.90 Å². The van der Waals surface area contributed by atoms with Gasteiger partial charge in [0.1, 0.15) is 5.82 Å². The summed E-state index contributed by atoms with van der Waals surface area (Å²) < 4.78 is 13.6. The van der Waals surface area contributed by atoms with E-state index < -0.39 is 17.8 Å². The first-order valence-electron chi connectivity index (χ1n) is 6.09. The van der Waals surface area contributed by atoms with Crippen molar-refractivity contribution in [1.82, 2.24) is 4.90 Å². The highest BCUT2D eigenvalue weighted by Crippen LogP contribution is 2.20. The molecule has 1 atom stereocenters. The molecule has 0 radical (unpaired) electrons. The van der Waals surface area contributed by atoms with E-state index in [1.807, 2.05) is 6.92 Å². The first-order chi connectivity index (χ1) is 8.99. The van der Waals surface area contributed by atoms with Crippen LogP contribution in [0, 0.1) is 5.82 Å². The Labute approximate surface area is 110 Å². The maximum atomic E-state index is 13.6. The highest BCUT2D eigenvalue weighted by Gasteiger charge is 2.25. The number of urea groups is 1. The number of likely N-dealkylation sites (tertiary alicyclic amines) is 1. The van der Waals surface area contributed by atoms with Crippen LogP contribution in [0.5, 0.6) is 0 Å². The van der Waals surface area contributed by atoms with Crippen LogP contribution in [0.25, 0.3) is 0 Å². The molecule has 1 aromatic rings. The molecule has 0 spiro atoms. The fourth-order valence-corrected chi connectivity index (χ4v) is 2.18. The molecular formula is C13H15FN2O3. The molecule has 5 nitrogen and oxygen atoms in total. The standard InChI is InChI=1S/C13H15FN2O3/c1-8-3-2-6-16(8)13(19)15-11-7-9(12(17)18)4-5-10(11)14/h4-5,7-8H,2-3,6H2,1H3,(H,15,19)(H,17,18). The summed E-state index contributed by atoms with van der Waals surface area (Å²) in [7, 11) is 0. The summed E-state index contributed by atoms with van der Waals surface area (Å²) in [5.41, 5.74) is -0.171. The van der Waals surface area contributed by atoms with Crippen LogP contribution >= 0.6 is 0 Å². The molecule has 1 unspecified atom stereocenters. The van der Waals surface area contributed by atoms with Crippen molar-refractivity contribution in [2.75, 3.05) is 11.9 Å². The van der Waals surface area contributed by atoms with Crippen molar-refractivity contribution in [3.05, 3.63) is 29.6 Å². The third kappa shape index (κ3) is 2.83. The highest BCUT2D eigenvalue weighted by atomic mass is 19.1. The number of amides is 2. The van der Waals surface area contributed by atoms with E-state index in [9.17, 15) is 14.0 Å². The number of rotatable bonds is 2. The van der Waals surface area contributed by atoms with Gasteiger partial charge in [-0.1, -0.05) is 0 Å². The fraction of sp³-hybridized carbons (Fsp3) is 0.385. The predicted molar refractivity (Wildman–Crippen MR) is 67.8 cm³/mol. The van der Waals surface area contributed by atoms with E-state index in [-0.39, 0.29) is 17.3 Å². The molecule has 2 rings (SSSR count). The van der Waals surface area contributed by atoms with E-state index >= 15 is 0 Å². The van der Waals surface area contributed by atoms with Crippen LogP contribution in [0.15, 0.2) is 18.2 Å². The summed E-state index contributed by atoms with van der Waals surface area (Å²) in [5.74, 6) is -1.81. The quantitative estimate of drug-likeness (QED) is 0.864. The molecule has 2 N–H and O–H groups in total. The number of anilines is 1. The molecule has 1 saturated heterocycles. The van der Waals surface area contributed by atoms with Crippen LogP contribution < -0.4 is 5.32 Å². The normalized spacial score (nSPS) is 18.4. The summed E-state index contributed by atoms with van der Waals surface area (Å²) in [4.78, 5) is 24.4. The number of hydrogen-bond donors (Lipinski definition) is 2. The van der Waals surface area contributed by atoms with Crippen molar-refractivity contribution in [3.63, 3.8) is 0 Å². The van der Waals surface area contributed by atoms with Crippen LogP contribution in [0.4, 0.5) is 14.9 Å². The Balaban J connectivity index is 2.16. The summed E-state index contributed by atoms with van der Waals surface area (Å²) in [5, 5.41) is 11.3. The Morgan fingerprint density at radius 2 is 2.21 bits per heavy atom. The average molecular weight is 266 g/mol. The lowest BCUT2D eigenvalue weighted by atomic mass is 10.2. The molecule has 0 aliphatic carbocycles. The minimum atomic E-state index is -1.16. The van der Waals surface area contributed by atoms with Gasteiger partial charge in [-0.05, 0) is 38.0 Å². The zero-order valence-electron chi connectivity index (χ0n) is 10.5. The SMILES string of the molecule is CC1CCCN1C(=O)Nc1cc(C(=O)O)ccc1F. The van der Waals surface area contributed by atoms with Gasteiger partial charge >= 0.3 is 12.0 Å². The number of aromatic carboxylic acids is 1. The van der Waals surface area contributed by atoms with Crippen molar-refractivity contribution in [1.29, 1.82) is 0 Å². The second kappa shape index (κ2) is 5.26. The molecule has 1 heterocycles. The smallest absolute Gasteiger partial charge is 0.335 e. The minimum Gasteiger partial charge on any atom is -0.478 e. The van der Waals surface area contributed by atoms with Gasteiger partial charge in [0.05, 0.1) is 11.3 Å². The van der Waals surface area contributed by atoms with Gasteiger partial charge in [-0.2, -0.15) is 0 Å². The van der Waals surface area contributed by atoms with Crippen LogP contribution in [0.1, 0.15) is 30.1 Å². The van der Waals surface area contributed by atoms with Gasteiger partial charge in [-0.15, -0.1) is 0 Å². The predicted octanol–water partition coefficient (Wildman–Crippen LogP) is 2.54. The molecule has 102 valence electrons. The Bertz CT molecular complexity index is 519. The molecular weight excluding hydrogens is 251 g/mol. The lowest BCUT2D eigenvalue weighted by molar-refractivity contribution is 0.0697. The van der Waals surface area contributed by atoms with E-state index in [2.05, 4.69) is 5.32 Å². The third-order valence-electron chi connectivity index (χ3n) is 3.27. The second-order valence-electron chi connectivity index (χ2n) is 4.61. The molecule has 1 aromatic carbocycles. The lowest BCUT2D eigenvalue weighted by Crippen LogP contribution is -2.37. The van der Waals surface area contributed by atoms with Gasteiger partial charge in [-0.25, -0.2) is 14.0 Å². The van der Waals surface area contributed by atoms with Gasteiger partial charge in [0.25, 0.3) is 0 Å². The molecule has 6 heteroatoms. The largest absolute Gasteiger partial charge is 0.478 e. The zero-order chi connectivity index (χ0) is 14.0. The van der Waals surface area contributed by atoms with Gasteiger partial charge in [0.2, 0.25) is 0 Å². The van der Waals surface area contributed by atoms with Crippen molar-refractivity contribution in [3.8, 4) is 0 Å². The number of hydrogen-bond acceptors (Lipinski definition) is 2. The van der Waals surface area contributed by atoms with Gasteiger partial charge in [-0.3, -0.25) is 0 Å². The topological polar surface area (TPSA) is 69.6 Å². The number of halogens is 1. The maximum Gasteiger partial charge on any atom is 0.335 e. The molecule has 1 aliphatic heterocycles. The first kappa shape index (κ1) is 13.3. The van der Waals surface area contributed by atoms with E-state index in [4.69, 9.17) is 5.11 Å². The number of carbonyl (C=O) groups is 2. The molecule has 1 aliphatic rings. The Morgan fingerprint density at radius 1 is 1.47 bits per heavy atom. The Morgan fingerprint density at radius 3 is 2.79 bits per heavy atom. The highest BCUT2D eigenvalue weighted by molar-refractivity contribution is 5.93. The van der Waals surface area contributed by atoms with Crippen LogP contribution in [-0.4, -0.2) is 34.6 Å². The Hall–Kier alpha value is -2.11. The zero-order valence-corrected chi connectivity index (χ0v) is 10.5. The number of carboxylic acids is 1. The number of nitrogens with one attached hydrogen (secondary N) is 1. The lowest BCUT2D eigenvalue weighted by Gasteiger charge is -2.22. The average Bonchev–Trinajstić information content (AvgIpc) is 2.78. The van der Waals surface area contributed by atoms with Gasteiger partial charge < -0.3 is 15.3 Å². The molecule has 19 heavy (non-hydrogen) atoms. The first-order valence-corrected chi connectivity index (χ1v) is 6.09. The molecule has 0 saturated carbocycles. The van der Waals surface area contributed by atoms with Crippen molar-refractivity contribution in [2.24, 2.45) is 0 Å². The number of carboxylic acid groups (broad SMARTS) is 1. The van der Waals surface area contributed by atoms with Crippen molar-refractivity contribution in [2.45, 2.75) is 25.8 Å². The summed E-state index contributed by atoms with van der Waals surface area (Å²) in [6.45, 7) is 2.56. The number of carbonyl (C=O) groups excluding carboxylic acids is 1. The monoisotopic (exact) mass is 266 g/mol. The molecule has 1 fully saturated rings. The maximum absolute atomic E-state index is 13.6. The molecule has 0 bridgehead atoms. The molecule has 2 amide bonds. The Kier molecular flexibility index (Phi) is 3.69. The summed E-state index contributed by atoms with van der Waals surface area (Å²) in [6, 6.07) is 3.03. The van der Waals surface area contributed by atoms with Crippen molar-refractivity contribution >= 4 is 17.7 Å². The van der Waals surface area contributed by atoms with Crippen LogP contribution in [0.2, 0.25) is 0 Å². The number of nitrogens with zero attached hydrogens (tertiary/aromatic N) is 1. The van der Waals surface area contributed by atoms with Crippen molar-refractivity contribution < 1.29 is 19.1 Å². The van der Waals surface area contributed by atoms with Gasteiger partial charge in [0, 0.05) is 12.6 Å². The second-order valence-corrected chi connectivity index (χ2v) is 4.61. The number of benzene rings is 1. The molecule has 0 aromatic heterocycles. The fourth-order valence-electron chi connectivity index (χ4n) is 2.18. The van der Waals surface area contributed by atoms with E-state index in [0.29, 0.717) is 6.54 Å².